The number of rotatable bonds is 7. The number of para-hydroxylation sites is 1. The fraction of sp³-hybridized carbons (Fsp3) is 0.259. The van der Waals surface area contributed by atoms with E-state index >= 15 is 0 Å². The summed E-state index contributed by atoms with van der Waals surface area (Å²) in [5, 5.41) is 4.69. The van der Waals surface area contributed by atoms with Crippen LogP contribution in [0.5, 0.6) is 0 Å². The fourth-order valence-corrected chi connectivity index (χ4v) is 4.13. The zero-order chi connectivity index (χ0) is 23.5. The lowest BCUT2D eigenvalue weighted by atomic mass is 10.1. The van der Waals surface area contributed by atoms with Crippen molar-refractivity contribution < 1.29 is 9.21 Å². The van der Waals surface area contributed by atoms with Gasteiger partial charge in [0, 0.05) is 42.3 Å². The van der Waals surface area contributed by atoms with E-state index in [9.17, 15) is 4.79 Å². The Kier molecular flexibility index (Phi) is 6.36. The number of nitrogens with zero attached hydrogens (tertiary/aromatic N) is 4. The van der Waals surface area contributed by atoms with Crippen molar-refractivity contribution in [2.24, 2.45) is 0 Å². The molecule has 0 unspecified atom stereocenters. The molecule has 1 amide bonds. The maximum absolute atomic E-state index is 12.9. The second-order valence-electron chi connectivity index (χ2n) is 8.42. The number of aryl methyl sites for hydroxylation is 2. The van der Waals surface area contributed by atoms with Gasteiger partial charge in [-0.25, -0.2) is 4.68 Å². The highest BCUT2D eigenvalue weighted by Gasteiger charge is 2.16. The molecule has 0 spiro atoms. The lowest BCUT2D eigenvalue weighted by molar-refractivity contribution is -0.125. The third-order valence-electron chi connectivity index (χ3n) is 6.13. The second kappa shape index (κ2) is 9.36. The molecule has 0 saturated carbocycles. The number of hydrogen-bond donors (Lipinski definition) is 0. The number of furan rings is 1. The van der Waals surface area contributed by atoms with Crippen LogP contribution in [0.3, 0.4) is 0 Å². The first-order chi connectivity index (χ1) is 15.8. The molecular weight excluding hydrogens is 412 g/mol. The Morgan fingerprint density at radius 2 is 1.82 bits per heavy atom. The first-order valence-corrected chi connectivity index (χ1v) is 11.1. The van der Waals surface area contributed by atoms with Crippen LogP contribution in [0.25, 0.3) is 11.8 Å². The minimum atomic E-state index is -0.0444. The molecule has 0 N–H and O–H groups in total. The quantitative estimate of drug-likeness (QED) is 0.369. The maximum Gasteiger partial charge on any atom is 0.246 e. The lowest BCUT2D eigenvalue weighted by Crippen LogP contribution is -2.24. The van der Waals surface area contributed by atoms with Gasteiger partial charge < -0.3 is 13.9 Å². The van der Waals surface area contributed by atoms with Gasteiger partial charge in [-0.15, -0.1) is 0 Å². The van der Waals surface area contributed by atoms with E-state index in [4.69, 9.17) is 9.52 Å². The van der Waals surface area contributed by atoms with Crippen LogP contribution in [0, 0.1) is 27.7 Å². The molecule has 4 aromatic rings. The van der Waals surface area contributed by atoms with Gasteiger partial charge in [0.1, 0.15) is 5.76 Å². The number of amides is 1. The van der Waals surface area contributed by atoms with Gasteiger partial charge in [0.2, 0.25) is 5.91 Å². The SMILES string of the molecule is Cc1nn(-c2ccccc2)c(C)c1CN(C)C(=O)C=Cc1cc(C)n(Cc2ccco2)c1C. The number of benzene rings is 1. The Hall–Kier alpha value is -3.80. The van der Waals surface area contributed by atoms with Gasteiger partial charge in [-0.2, -0.15) is 5.10 Å². The van der Waals surface area contributed by atoms with Gasteiger partial charge in [-0.05, 0) is 69.7 Å². The summed E-state index contributed by atoms with van der Waals surface area (Å²) < 4.78 is 9.61. The van der Waals surface area contributed by atoms with E-state index in [1.165, 1.54) is 0 Å². The van der Waals surface area contributed by atoms with Crippen molar-refractivity contribution in [3.63, 3.8) is 0 Å². The van der Waals surface area contributed by atoms with E-state index < -0.39 is 0 Å². The number of carbonyl (C=O) groups is 1. The molecule has 1 aromatic carbocycles. The van der Waals surface area contributed by atoms with Crippen LogP contribution in [0.4, 0.5) is 0 Å². The fourth-order valence-electron chi connectivity index (χ4n) is 4.13. The summed E-state index contributed by atoms with van der Waals surface area (Å²) >= 11 is 0. The third kappa shape index (κ3) is 4.70. The summed E-state index contributed by atoms with van der Waals surface area (Å²) in [6.07, 6.45) is 5.23. The predicted octanol–water partition coefficient (Wildman–Crippen LogP) is 5.22. The Bertz CT molecular complexity index is 1280. The Labute approximate surface area is 194 Å². The molecule has 0 aliphatic rings. The van der Waals surface area contributed by atoms with Crippen LogP contribution in [-0.2, 0) is 17.9 Å². The molecule has 0 atom stereocenters. The Morgan fingerprint density at radius 3 is 2.52 bits per heavy atom. The first kappa shape index (κ1) is 22.4. The standard InChI is InChI=1S/C27H30N4O2/c1-19-16-23(21(3)30(19)17-25-12-9-15-33-25)13-14-27(32)29(5)18-26-20(2)28-31(22(26)4)24-10-7-6-8-11-24/h6-16H,17-18H2,1-5H3. The van der Waals surface area contributed by atoms with Crippen molar-refractivity contribution in [2.75, 3.05) is 7.05 Å². The largest absolute Gasteiger partial charge is 0.467 e. The smallest absolute Gasteiger partial charge is 0.246 e. The Balaban J connectivity index is 1.47. The lowest BCUT2D eigenvalue weighted by Gasteiger charge is -2.15. The van der Waals surface area contributed by atoms with Crippen LogP contribution < -0.4 is 0 Å². The normalized spacial score (nSPS) is 11.4. The summed E-state index contributed by atoms with van der Waals surface area (Å²) in [5.41, 5.74) is 7.33. The van der Waals surface area contributed by atoms with E-state index in [1.807, 2.05) is 74.1 Å². The zero-order valence-electron chi connectivity index (χ0n) is 19.9. The van der Waals surface area contributed by atoms with Crippen molar-refractivity contribution >= 4 is 12.0 Å². The molecule has 0 saturated heterocycles. The van der Waals surface area contributed by atoms with Crippen LogP contribution >= 0.6 is 0 Å². The van der Waals surface area contributed by atoms with Gasteiger partial charge in [-0.3, -0.25) is 4.79 Å². The number of carbonyl (C=O) groups excluding carboxylic acids is 1. The highest BCUT2D eigenvalue weighted by Crippen LogP contribution is 2.21. The van der Waals surface area contributed by atoms with Gasteiger partial charge in [0.15, 0.2) is 0 Å². The van der Waals surface area contributed by atoms with Crippen molar-refractivity contribution in [2.45, 2.75) is 40.8 Å². The number of aromatic nitrogens is 3. The van der Waals surface area contributed by atoms with E-state index in [2.05, 4.69) is 24.5 Å². The van der Waals surface area contributed by atoms with E-state index in [0.29, 0.717) is 13.1 Å². The van der Waals surface area contributed by atoms with Crippen LogP contribution in [0.1, 0.15) is 39.7 Å². The molecule has 0 aliphatic heterocycles. The van der Waals surface area contributed by atoms with Gasteiger partial charge in [-0.1, -0.05) is 18.2 Å². The Morgan fingerprint density at radius 1 is 1.06 bits per heavy atom. The molecule has 6 nitrogen and oxygen atoms in total. The highest BCUT2D eigenvalue weighted by atomic mass is 16.3. The number of likely N-dealkylation sites (N-methyl/N-ethyl adjacent to an activating group) is 1. The molecular formula is C27H30N4O2. The van der Waals surface area contributed by atoms with E-state index in [1.54, 1.807) is 17.2 Å². The molecule has 4 rings (SSSR count). The summed E-state index contributed by atoms with van der Waals surface area (Å²) in [6, 6.07) is 16.0. The van der Waals surface area contributed by atoms with Gasteiger partial charge >= 0.3 is 0 Å². The summed E-state index contributed by atoms with van der Waals surface area (Å²) in [5.74, 6) is 0.863. The first-order valence-electron chi connectivity index (χ1n) is 11.1. The molecule has 0 aliphatic carbocycles. The maximum atomic E-state index is 12.9. The van der Waals surface area contributed by atoms with E-state index in [0.717, 1.165) is 45.4 Å². The zero-order valence-corrected chi connectivity index (χ0v) is 19.9. The molecule has 0 bridgehead atoms. The average molecular weight is 443 g/mol. The van der Waals surface area contributed by atoms with Gasteiger partial charge in [0.25, 0.3) is 0 Å². The highest BCUT2D eigenvalue weighted by molar-refractivity contribution is 5.91. The molecule has 33 heavy (non-hydrogen) atoms. The third-order valence-corrected chi connectivity index (χ3v) is 6.13. The molecule has 3 aromatic heterocycles. The predicted molar refractivity (Wildman–Crippen MR) is 130 cm³/mol. The monoisotopic (exact) mass is 442 g/mol. The molecule has 0 fully saturated rings. The topological polar surface area (TPSA) is 56.2 Å². The van der Waals surface area contributed by atoms with Crippen LogP contribution in [0.15, 0.2) is 65.3 Å². The minimum Gasteiger partial charge on any atom is -0.467 e. The van der Waals surface area contributed by atoms with Crippen molar-refractivity contribution in [3.05, 3.63) is 101 Å². The minimum absolute atomic E-state index is 0.0444. The second-order valence-corrected chi connectivity index (χ2v) is 8.42. The van der Waals surface area contributed by atoms with Crippen molar-refractivity contribution in [3.8, 4) is 5.69 Å². The summed E-state index contributed by atoms with van der Waals surface area (Å²) in [7, 11) is 1.82. The van der Waals surface area contributed by atoms with Crippen LogP contribution in [0.2, 0.25) is 0 Å². The summed E-state index contributed by atoms with van der Waals surface area (Å²) in [6.45, 7) is 9.35. The van der Waals surface area contributed by atoms with E-state index in [-0.39, 0.29) is 5.91 Å². The van der Waals surface area contributed by atoms with Crippen molar-refractivity contribution in [1.29, 1.82) is 0 Å². The van der Waals surface area contributed by atoms with Crippen molar-refractivity contribution in [1.82, 2.24) is 19.2 Å². The molecule has 0 radical (unpaired) electrons. The molecule has 170 valence electrons. The summed E-state index contributed by atoms with van der Waals surface area (Å²) in [4.78, 5) is 14.6. The molecule has 6 heteroatoms. The number of hydrogen-bond acceptors (Lipinski definition) is 3. The molecule has 3 heterocycles. The average Bonchev–Trinajstić information content (AvgIpc) is 3.49. The van der Waals surface area contributed by atoms with Gasteiger partial charge in [0.05, 0.1) is 24.2 Å². The van der Waals surface area contributed by atoms with Crippen LogP contribution in [-0.4, -0.2) is 32.2 Å².